The summed E-state index contributed by atoms with van der Waals surface area (Å²) in [6.07, 6.45) is 3.77. The first-order valence-electron chi connectivity index (χ1n) is 6.94. The molecule has 0 heterocycles. The van der Waals surface area contributed by atoms with E-state index in [9.17, 15) is 5.11 Å². The normalized spacial score (nSPS) is 23.1. The van der Waals surface area contributed by atoms with Crippen LogP contribution in [0, 0.1) is 0 Å². The molecule has 0 bridgehead atoms. The number of aliphatic hydroxyl groups excluding tert-OH is 1. The summed E-state index contributed by atoms with van der Waals surface area (Å²) < 4.78 is 10.5. The molecule has 1 aliphatic carbocycles. The van der Waals surface area contributed by atoms with Crippen LogP contribution in [-0.2, 0) is 4.74 Å². The van der Waals surface area contributed by atoms with Gasteiger partial charge in [-0.3, -0.25) is 0 Å². The van der Waals surface area contributed by atoms with Gasteiger partial charge in [0.05, 0.1) is 12.7 Å². The number of nitrogens with one attached hydrogen (secondary N) is 1. The maximum Gasteiger partial charge on any atom is 0.119 e. The molecule has 1 fully saturated rings. The van der Waals surface area contributed by atoms with Gasteiger partial charge < -0.3 is 19.9 Å². The molecule has 4 heteroatoms. The SMILES string of the molecule is COCCOc1ccc(NC2CCC(O)CC2)cc1. The summed E-state index contributed by atoms with van der Waals surface area (Å²) in [6, 6.07) is 8.48. The smallest absolute Gasteiger partial charge is 0.119 e. The molecule has 1 aromatic carbocycles. The summed E-state index contributed by atoms with van der Waals surface area (Å²) >= 11 is 0. The third-order valence-corrected chi connectivity index (χ3v) is 3.48. The molecule has 2 N–H and O–H groups in total. The number of hydrogen-bond acceptors (Lipinski definition) is 4. The van der Waals surface area contributed by atoms with E-state index in [4.69, 9.17) is 9.47 Å². The maximum absolute atomic E-state index is 9.48. The molecule has 106 valence electrons. The van der Waals surface area contributed by atoms with Crippen LogP contribution in [0.25, 0.3) is 0 Å². The lowest BCUT2D eigenvalue weighted by molar-refractivity contribution is 0.126. The van der Waals surface area contributed by atoms with Crippen molar-refractivity contribution in [3.63, 3.8) is 0 Å². The first-order chi connectivity index (χ1) is 9.28. The molecule has 0 unspecified atom stereocenters. The summed E-state index contributed by atoms with van der Waals surface area (Å²) in [5.41, 5.74) is 1.11. The average Bonchev–Trinajstić information content (AvgIpc) is 2.44. The molecule has 0 amide bonds. The predicted molar refractivity (Wildman–Crippen MR) is 75.7 cm³/mol. The van der Waals surface area contributed by atoms with Crippen LogP contribution in [0.1, 0.15) is 25.7 Å². The highest BCUT2D eigenvalue weighted by molar-refractivity contribution is 5.47. The van der Waals surface area contributed by atoms with Gasteiger partial charge in [0.2, 0.25) is 0 Å². The summed E-state index contributed by atoms with van der Waals surface area (Å²) in [7, 11) is 1.66. The van der Waals surface area contributed by atoms with Crippen LogP contribution >= 0.6 is 0 Å². The number of anilines is 1. The van der Waals surface area contributed by atoms with Crippen molar-refractivity contribution >= 4 is 5.69 Å². The van der Waals surface area contributed by atoms with Crippen LogP contribution in [0.2, 0.25) is 0 Å². The van der Waals surface area contributed by atoms with E-state index in [1.807, 2.05) is 24.3 Å². The zero-order valence-corrected chi connectivity index (χ0v) is 11.5. The molecule has 19 heavy (non-hydrogen) atoms. The van der Waals surface area contributed by atoms with Crippen LogP contribution in [-0.4, -0.2) is 37.6 Å². The van der Waals surface area contributed by atoms with Crippen LogP contribution in [0.15, 0.2) is 24.3 Å². The highest BCUT2D eigenvalue weighted by Crippen LogP contribution is 2.23. The Kier molecular flexibility index (Phi) is 5.48. The van der Waals surface area contributed by atoms with Gasteiger partial charge in [-0.25, -0.2) is 0 Å². The van der Waals surface area contributed by atoms with Crippen LogP contribution in [0.3, 0.4) is 0 Å². The fourth-order valence-corrected chi connectivity index (χ4v) is 2.35. The summed E-state index contributed by atoms with van der Waals surface area (Å²) in [6.45, 7) is 1.17. The minimum Gasteiger partial charge on any atom is -0.491 e. The molecule has 0 aliphatic heterocycles. The zero-order chi connectivity index (χ0) is 13.5. The van der Waals surface area contributed by atoms with Gasteiger partial charge in [-0.15, -0.1) is 0 Å². The Morgan fingerprint density at radius 3 is 2.42 bits per heavy atom. The molecule has 2 rings (SSSR count). The molecule has 0 radical (unpaired) electrons. The largest absolute Gasteiger partial charge is 0.491 e. The second kappa shape index (κ2) is 7.36. The first-order valence-corrected chi connectivity index (χ1v) is 6.94. The van der Waals surface area contributed by atoms with Crippen molar-refractivity contribution < 1.29 is 14.6 Å². The van der Waals surface area contributed by atoms with Crippen LogP contribution in [0.5, 0.6) is 5.75 Å². The molecule has 0 spiro atoms. The molecular weight excluding hydrogens is 242 g/mol. The Morgan fingerprint density at radius 2 is 1.79 bits per heavy atom. The molecule has 0 atom stereocenters. The lowest BCUT2D eigenvalue weighted by Gasteiger charge is -2.27. The molecule has 1 saturated carbocycles. The number of ether oxygens (including phenoxy) is 2. The molecule has 0 aromatic heterocycles. The average molecular weight is 265 g/mol. The molecular formula is C15H23NO3. The lowest BCUT2D eigenvalue weighted by atomic mass is 9.93. The van der Waals surface area contributed by atoms with Gasteiger partial charge in [-0.1, -0.05) is 0 Å². The zero-order valence-electron chi connectivity index (χ0n) is 11.5. The number of aliphatic hydroxyl groups is 1. The number of rotatable bonds is 6. The van der Waals surface area contributed by atoms with E-state index in [1.165, 1.54) is 0 Å². The minimum atomic E-state index is -0.102. The van der Waals surface area contributed by atoms with Crippen molar-refractivity contribution in [3.05, 3.63) is 24.3 Å². The van der Waals surface area contributed by atoms with E-state index in [0.29, 0.717) is 19.3 Å². The minimum absolute atomic E-state index is 0.102. The standard InChI is InChI=1S/C15H23NO3/c1-18-10-11-19-15-8-4-13(5-9-15)16-12-2-6-14(17)7-3-12/h4-5,8-9,12,14,16-17H,2-3,6-7,10-11H2,1H3. The van der Waals surface area contributed by atoms with E-state index >= 15 is 0 Å². The van der Waals surface area contributed by atoms with Gasteiger partial charge in [-0.2, -0.15) is 0 Å². The Bertz CT molecular complexity index is 358. The predicted octanol–water partition coefficient (Wildman–Crippen LogP) is 2.43. The van der Waals surface area contributed by atoms with E-state index < -0.39 is 0 Å². The second-order valence-corrected chi connectivity index (χ2v) is 5.02. The fourth-order valence-electron chi connectivity index (χ4n) is 2.35. The summed E-state index contributed by atoms with van der Waals surface area (Å²) in [4.78, 5) is 0. The van der Waals surface area contributed by atoms with Gasteiger partial charge in [-0.05, 0) is 49.9 Å². The molecule has 1 aliphatic rings. The topological polar surface area (TPSA) is 50.7 Å². The quantitative estimate of drug-likeness (QED) is 0.776. The third kappa shape index (κ3) is 4.73. The van der Waals surface area contributed by atoms with Crippen molar-refractivity contribution in [1.29, 1.82) is 0 Å². The van der Waals surface area contributed by atoms with Crippen molar-refractivity contribution in [2.75, 3.05) is 25.6 Å². The molecule has 4 nitrogen and oxygen atoms in total. The Labute approximate surface area is 114 Å². The summed E-state index contributed by atoms with van der Waals surface area (Å²) in [5, 5.41) is 13.0. The van der Waals surface area contributed by atoms with Gasteiger partial charge in [0.1, 0.15) is 12.4 Å². The van der Waals surface area contributed by atoms with Gasteiger partial charge in [0.15, 0.2) is 0 Å². The second-order valence-electron chi connectivity index (χ2n) is 5.02. The van der Waals surface area contributed by atoms with Gasteiger partial charge >= 0.3 is 0 Å². The van der Waals surface area contributed by atoms with E-state index in [0.717, 1.165) is 37.1 Å². The number of benzene rings is 1. The number of hydrogen-bond donors (Lipinski definition) is 2. The van der Waals surface area contributed by atoms with Crippen molar-refractivity contribution in [1.82, 2.24) is 0 Å². The van der Waals surface area contributed by atoms with Gasteiger partial charge in [0.25, 0.3) is 0 Å². The fraction of sp³-hybridized carbons (Fsp3) is 0.600. The Hall–Kier alpha value is -1.26. The summed E-state index contributed by atoms with van der Waals surface area (Å²) in [5.74, 6) is 0.863. The first kappa shape index (κ1) is 14.2. The van der Waals surface area contributed by atoms with Gasteiger partial charge in [0, 0.05) is 18.8 Å². The molecule has 0 saturated heterocycles. The Morgan fingerprint density at radius 1 is 1.11 bits per heavy atom. The monoisotopic (exact) mass is 265 g/mol. The van der Waals surface area contributed by atoms with Crippen LogP contribution in [0.4, 0.5) is 5.69 Å². The third-order valence-electron chi connectivity index (χ3n) is 3.48. The van der Waals surface area contributed by atoms with Crippen molar-refractivity contribution in [3.8, 4) is 5.75 Å². The van der Waals surface area contributed by atoms with E-state index in [1.54, 1.807) is 7.11 Å². The maximum atomic E-state index is 9.48. The van der Waals surface area contributed by atoms with Crippen molar-refractivity contribution in [2.45, 2.75) is 37.8 Å². The van der Waals surface area contributed by atoms with Crippen molar-refractivity contribution in [2.24, 2.45) is 0 Å². The Balaban J connectivity index is 1.78. The highest BCUT2D eigenvalue weighted by Gasteiger charge is 2.18. The lowest BCUT2D eigenvalue weighted by Crippen LogP contribution is -2.28. The molecule has 1 aromatic rings. The van der Waals surface area contributed by atoms with E-state index in [2.05, 4.69) is 5.32 Å². The van der Waals surface area contributed by atoms with E-state index in [-0.39, 0.29) is 6.10 Å². The highest BCUT2D eigenvalue weighted by atomic mass is 16.5. The van der Waals surface area contributed by atoms with Crippen LogP contribution < -0.4 is 10.1 Å². The number of methoxy groups -OCH3 is 1.